The van der Waals surface area contributed by atoms with Gasteiger partial charge in [0.2, 0.25) is 0 Å². The highest BCUT2D eigenvalue weighted by Crippen LogP contribution is 2.38. The topological polar surface area (TPSA) is 129 Å². The normalized spacial score (nSPS) is 39.2. The second kappa shape index (κ2) is 10.9. The zero-order chi connectivity index (χ0) is 22.7. The minimum Gasteiger partial charge on any atom is -0.394 e. The maximum atomic E-state index is 11.1. The van der Waals surface area contributed by atoms with Crippen LogP contribution in [0.3, 0.4) is 0 Å². The van der Waals surface area contributed by atoms with Gasteiger partial charge in [0, 0.05) is 12.8 Å². The summed E-state index contributed by atoms with van der Waals surface area (Å²) >= 11 is 0. The van der Waals surface area contributed by atoms with Gasteiger partial charge in [-0.3, -0.25) is 0 Å². The quantitative estimate of drug-likeness (QED) is 0.435. The van der Waals surface area contributed by atoms with Crippen LogP contribution in [0.5, 0.6) is 0 Å². The molecule has 8 unspecified atom stereocenters. The van der Waals surface area contributed by atoms with E-state index < -0.39 is 49.0 Å². The maximum absolute atomic E-state index is 11.1. The Morgan fingerprint density at radius 3 is 2.25 bits per heavy atom. The van der Waals surface area contributed by atoms with Crippen molar-refractivity contribution in [3.8, 4) is 0 Å². The molecule has 8 nitrogen and oxygen atoms in total. The summed E-state index contributed by atoms with van der Waals surface area (Å²) in [6, 6.07) is 8.09. The number of aliphatic hydroxyl groups is 5. The molecule has 1 aliphatic carbocycles. The molecule has 8 atom stereocenters. The molecule has 2 heterocycles. The van der Waals surface area contributed by atoms with Gasteiger partial charge in [0.25, 0.3) is 0 Å². The van der Waals surface area contributed by atoms with Gasteiger partial charge in [-0.05, 0) is 29.9 Å². The van der Waals surface area contributed by atoms with Crippen LogP contribution in [0.15, 0.2) is 24.3 Å². The summed E-state index contributed by atoms with van der Waals surface area (Å²) in [5, 5.41) is 50.7. The van der Waals surface area contributed by atoms with E-state index in [0.29, 0.717) is 5.92 Å². The minimum atomic E-state index is -1.30. The Morgan fingerprint density at radius 1 is 0.844 bits per heavy atom. The van der Waals surface area contributed by atoms with E-state index in [1.54, 1.807) is 0 Å². The van der Waals surface area contributed by atoms with E-state index in [2.05, 4.69) is 12.1 Å². The monoisotopic (exact) mass is 452 g/mol. The molecule has 0 spiro atoms. The molecule has 0 bridgehead atoms. The van der Waals surface area contributed by atoms with Crippen LogP contribution in [-0.4, -0.2) is 81.7 Å². The summed E-state index contributed by atoms with van der Waals surface area (Å²) in [6.45, 7) is -0.544. The van der Waals surface area contributed by atoms with Crippen LogP contribution in [-0.2, 0) is 14.2 Å². The van der Waals surface area contributed by atoms with Gasteiger partial charge < -0.3 is 39.7 Å². The van der Waals surface area contributed by atoms with E-state index in [4.69, 9.17) is 14.2 Å². The van der Waals surface area contributed by atoms with E-state index in [1.807, 2.05) is 12.1 Å². The SMILES string of the molecule is OCC1CC(O)C(O)C(OC2CC(CO)OC(c3cccc(C4CCCCC4)c3)C2O)O1. The molecule has 1 saturated carbocycles. The van der Waals surface area contributed by atoms with Crippen molar-refractivity contribution in [1.82, 2.24) is 0 Å². The summed E-state index contributed by atoms with van der Waals surface area (Å²) in [5.41, 5.74) is 2.06. The highest BCUT2D eigenvalue weighted by Gasteiger charge is 2.44. The zero-order valence-electron chi connectivity index (χ0n) is 18.3. The van der Waals surface area contributed by atoms with Crippen LogP contribution in [0.2, 0.25) is 0 Å². The first-order chi connectivity index (χ1) is 15.5. The fraction of sp³-hybridized carbons (Fsp3) is 0.750. The molecule has 1 aromatic carbocycles. The molecule has 3 fully saturated rings. The van der Waals surface area contributed by atoms with Gasteiger partial charge in [-0.2, -0.15) is 0 Å². The number of hydrogen-bond donors (Lipinski definition) is 5. The van der Waals surface area contributed by atoms with E-state index in [1.165, 1.54) is 24.8 Å². The van der Waals surface area contributed by atoms with Crippen LogP contribution in [0.1, 0.15) is 68.1 Å². The van der Waals surface area contributed by atoms with Gasteiger partial charge in [0.15, 0.2) is 6.29 Å². The first kappa shape index (κ1) is 24.0. The van der Waals surface area contributed by atoms with E-state index in [-0.39, 0.29) is 26.1 Å². The van der Waals surface area contributed by atoms with Crippen molar-refractivity contribution in [1.29, 1.82) is 0 Å². The van der Waals surface area contributed by atoms with Gasteiger partial charge in [0.1, 0.15) is 18.3 Å². The predicted molar refractivity (Wildman–Crippen MR) is 115 cm³/mol. The maximum Gasteiger partial charge on any atom is 0.186 e. The van der Waals surface area contributed by atoms with Gasteiger partial charge in [-0.1, -0.05) is 43.5 Å². The number of hydrogen-bond acceptors (Lipinski definition) is 8. The molecule has 32 heavy (non-hydrogen) atoms. The summed E-state index contributed by atoms with van der Waals surface area (Å²) < 4.78 is 17.5. The third kappa shape index (κ3) is 5.34. The number of ether oxygens (including phenoxy) is 3. The van der Waals surface area contributed by atoms with Gasteiger partial charge >= 0.3 is 0 Å². The average Bonchev–Trinajstić information content (AvgIpc) is 2.83. The lowest BCUT2D eigenvalue weighted by molar-refractivity contribution is -0.309. The molecule has 0 amide bonds. The lowest BCUT2D eigenvalue weighted by Gasteiger charge is -2.43. The lowest BCUT2D eigenvalue weighted by Crippen LogP contribution is -2.54. The minimum absolute atomic E-state index is 0.101. The second-order valence-electron chi connectivity index (χ2n) is 9.37. The Labute approximate surface area is 188 Å². The molecule has 4 rings (SSSR count). The van der Waals surface area contributed by atoms with Crippen molar-refractivity contribution >= 4 is 0 Å². The molecule has 2 saturated heterocycles. The highest BCUT2D eigenvalue weighted by atomic mass is 16.7. The first-order valence-electron chi connectivity index (χ1n) is 11.8. The van der Waals surface area contributed by atoms with E-state index in [0.717, 1.165) is 18.4 Å². The van der Waals surface area contributed by atoms with Crippen molar-refractivity contribution in [2.24, 2.45) is 0 Å². The lowest BCUT2D eigenvalue weighted by atomic mass is 9.82. The molecular formula is C24H36O8. The Morgan fingerprint density at radius 2 is 1.53 bits per heavy atom. The molecule has 2 aliphatic heterocycles. The fourth-order valence-corrected chi connectivity index (χ4v) is 5.21. The molecule has 180 valence electrons. The Bertz CT molecular complexity index is 724. The van der Waals surface area contributed by atoms with Crippen molar-refractivity contribution in [3.05, 3.63) is 35.4 Å². The summed E-state index contributed by atoms with van der Waals surface area (Å²) in [5.74, 6) is 0.507. The van der Waals surface area contributed by atoms with Crippen LogP contribution in [0.25, 0.3) is 0 Å². The standard InChI is InChI=1S/C24H36O8/c25-12-17-10-19(27)21(28)24(31-17)32-20-11-18(13-26)30-23(22(20)29)16-8-4-7-15(9-16)14-5-2-1-3-6-14/h4,7-9,14,17-29H,1-3,5-6,10-13H2. The van der Waals surface area contributed by atoms with E-state index >= 15 is 0 Å². The third-order valence-electron chi connectivity index (χ3n) is 7.06. The van der Waals surface area contributed by atoms with Crippen molar-refractivity contribution in [3.63, 3.8) is 0 Å². The number of aliphatic hydroxyl groups excluding tert-OH is 5. The smallest absolute Gasteiger partial charge is 0.186 e. The van der Waals surface area contributed by atoms with Gasteiger partial charge in [-0.25, -0.2) is 0 Å². The van der Waals surface area contributed by atoms with Crippen LogP contribution < -0.4 is 0 Å². The van der Waals surface area contributed by atoms with Crippen molar-refractivity contribution < 1.29 is 39.7 Å². The molecule has 0 aromatic heterocycles. The summed E-state index contributed by atoms with van der Waals surface area (Å²) in [6.07, 6.45) is -0.973. The van der Waals surface area contributed by atoms with Crippen molar-refractivity contribution in [2.45, 2.75) is 99.9 Å². The van der Waals surface area contributed by atoms with Gasteiger partial charge in [-0.15, -0.1) is 0 Å². The molecule has 3 aliphatic rings. The number of benzene rings is 1. The Hall–Kier alpha value is -1.10. The molecule has 8 heteroatoms. The predicted octanol–water partition coefficient (Wildman–Crippen LogP) is 1.13. The summed E-state index contributed by atoms with van der Waals surface area (Å²) in [7, 11) is 0. The third-order valence-corrected chi connectivity index (χ3v) is 7.06. The largest absolute Gasteiger partial charge is 0.394 e. The molecule has 5 N–H and O–H groups in total. The fourth-order valence-electron chi connectivity index (χ4n) is 5.21. The first-order valence-corrected chi connectivity index (χ1v) is 11.8. The zero-order valence-corrected chi connectivity index (χ0v) is 18.3. The van der Waals surface area contributed by atoms with Crippen LogP contribution in [0.4, 0.5) is 0 Å². The Kier molecular flexibility index (Phi) is 8.18. The Balaban J connectivity index is 1.51. The molecule has 0 radical (unpaired) electrons. The highest BCUT2D eigenvalue weighted by molar-refractivity contribution is 5.29. The van der Waals surface area contributed by atoms with Crippen LogP contribution >= 0.6 is 0 Å². The molecule has 1 aromatic rings. The molecular weight excluding hydrogens is 416 g/mol. The van der Waals surface area contributed by atoms with Gasteiger partial charge in [0.05, 0.1) is 37.6 Å². The number of rotatable bonds is 6. The van der Waals surface area contributed by atoms with Crippen molar-refractivity contribution in [2.75, 3.05) is 13.2 Å². The summed E-state index contributed by atoms with van der Waals surface area (Å²) in [4.78, 5) is 0. The van der Waals surface area contributed by atoms with E-state index in [9.17, 15) is 25.5 Å². The second-order valence-corrected chi connectivity index (χ2v) is 9.37. The average molecular weight is 453 g/mol. The van der Waals surface area contributed by atoms with Crippen LogP contribution in [0, 0.1) is 0 Å².